The second-order valence-electron chi connectivity index (χ2n) is 3.32. The van der Waals surface area contributed by atoms with Crippen LogP contribution >= 0.6 is 27.5 Å². The standard InChI is InChI=1S/C11H13BrClNO/c1-8-3-4-9(12)7-10(8)14(2)11(15)5-6-13/h3-4,7H,5-6H2,1-2H3. The number of carbonyl (C=O) groups is 1. The fraction of sp³-hybridized carbons (Fsp3) is 0.364. The first-order chi connectivity index (χ1) is 7.06. The quantitative estimate of drug-likeness (QED) is 0.782. The van der Waals surface area contributed by atoms with Crippen molar-refractivity contribution < 1.29 is 4.79 Å². The lowest BCUT2D eigenvalue weighted by Crippen LogP contribution is -2.26. The first-order valence-corrected chi connectivity index (χ1v) is 5.97. The first kappa shape index (κ1) is 12.5. The zero-order valence-corrected chi connectivity index (χ0v) is 11.1. The summed E-state index contributed by atoms with van der Waals surface area (Å²) in [7, 11) is 1.77. The van der Waals surface area contributed by atoms with Crippen molar-refractivity contribution in [3.8, 4) is 0 Å². The van der Waals surface area contributed by atoms with Crippen molar-refractivity contribution in [1.82, 2.24) is 0 Å². The van der Waals surface area contributed by atoms with Gasteiger partial charge < -0.3 is 4.90 Å². The van der Waals surface area contributed by atoms with Gasteiger partial charge in [-0.3, -0.25) is 4.79 Å². The van der Waals surface area contributed by atoms with E-state index >= 15 is 0 Å². The van der Waals surface area contributed by atoms with Crippen molar-refractivity contribution in [2.45, 2.75) is 13.3 Å². The predicted molar refractivity (Wildman–Crippen MR) is 67.6 cm³/mol. The van der Waals surface area contributed by atoms with Crippen molar-refractivity contribution in [1.29, 1.82) is 0 Å². The second-order valence-corrected chi connectivity index (χ2v) is 4.62. The number of anilines is 1. The van der Waals surface area contributed by atoms with Gasteiger partial charge in [0.1, 0.15) is 0 Å². The van der Waals surface area contributed by atoms with E-state index in [0.29, 0.717) is 12.3 Å². The lowest BCUT2D eigenvalue weighted by atomic mass is 10.2. The topological polar surface area (TPSA) is 20.3 Å². The van der Waals surface area contributed by atoms with E-state index in [1.165, 1.54) is 0 Å². The van der Waals surface area contributed by atoms with Gasteiger partial charge in [0.15, 0.2) is 0 Å². The van der Waals surface area contributed by atoms with Gasteiger partial charge in [-0.15, -0.1) is 11.6 Å². The van der Waals surface area contributed by atoms with Crippen molar-refractivity contribution >= 4 is 39.1 Å². The third kappa shape index (κ3) is 3.21. The summed E-state index contributed by atoms with van der Waals surface area (Å²) in [4.78, 5) is 13.3. The predicted octanol–water partition coefficient (Wildman–Crippen LogP) is 3.35. The molecule has 2 nitrogen and oxygen atoms in total. The normalized spacial score (nSPS) is 10.1. The van der Waals surface area contributed by atoms with E-state index in [0.717, 1.165) is 15.7 Å². The summed E-state index contributed by atoms with van der Waals surface area (Å²) in [5.41, 5.74) is 1.99. The van der Waals surface area contributed by atoms with Gasteiger partial charge in [0.2, 0.25) is 5.91 Å². The molecule has 0 radical (unpaired) electrons. The van der Waals surface area contributed by atoms with E-state index in [9.17, 15) is 4.79 Å². The molecule has 0 fully saturated rings. The highest BCUT2D eigenvalue weighted by Crippen LogP contribution is 2.24. The van der Waals surface area contributed by atoms with Crippen LogP contribution in [-0.2, 0) is 4.79 Å². The Labute approximate surface area is 103 Å². The van der Waals surface area contributed by atoms with Gasteiger partial charge in [-0.2, -0.15) is 0 Å². The Bertz CT molecular complexity index is 368. The number of rotatable bonds is 3. The van der Waals surface area contributed by atoms with E-state index in [1.807, 2.05) is 25.1 Å². The van der Waals surface area contributed by atoms with Gasteiger partial charge in [-0.25, -0.2) is 0 Å². The van der Waals surface area contributed by atoms with Gasteiger partial charge in [0, 0.05) is 29.5 Å². The van der Waals surface area contributed by atoms with Crippen LogP contribution in [0.4, 0.5) is 5.69 Å². The molecule has 0 saturated heterocycles. The highest BCUT2D eigenvalue weighted by molar-refractivity contribution is 9.10. The maximum atomic E-state index is 11.6. The minimum Gasteiger partial charge on any atom is -0.315 e. The van der Waals surface area contributed by atoms with Gasteiger partial charge in [-0.1, -0.05) is 22.0 Å². The number of alkyl halides is 1. The van der Waals surface area contributed by atoms with Crippen molar-refractivity contribution in [3.05, 3.63) is 28.2 Å². The Balaban J connectivity index is 2.94. The highest BCUT2D eigenvalue weighted by Gasteiger charge is 2.12. The van der Waals surface area contributed by atoms with Crippen LogP contribution in [0.1, 0.15) is 12.0 Å². The summed E-state index contributed by atoms with van der Waals surface area (Å²) in [5.74, 6) is 0.391. The lowest BCUT2D eigenvalue weighted by molar-refractivity contribution is -0.117. The molecule has 0 aliphatic carbocycles. The molecule has 0 heterocycles. The Morgan fingerprint density at radius 2 is 2.20 bits per heavy atom. The van der Waals surface area contributed by atoms with Crippen LogP contribution < -0.4 is 4.90 Å². The molecular formula is C11H13BrClNO. The van der Waals surface area contributed by atoms with Gasteiger partial charge in [0.05, 0.1) is 0 Å². The van der Waals surface area contributed by atoms with Crippen LogP contribution in [0.25, 0.3) is 0 Å². The summed E-state index contributed by atoms with van der Waals surface area (Å²) in [5, 5.41) is 0. The maximum absolute atomic E-state index is 11.6. The minimum absolute atomic E-state index is 0.0335. The molecule has 0 bridgehead atoms. The number of benzene rings is 1. The van der Waals surface area contributed by atoms with Crippen molar-refractivity contribution in [2.75, 3.05) is 17.8 Å². The van der Waals surface area contributed by atoms with Crippen LogP contribution in [0.3, 0.4) is 0 Å². The van der Waals surface area contributed by atoms with E-state index < -0.39 is 0 Å². The number of hydrogen-bond acceptors (Lipinski definition) is 1. The number of amides is 1. The van der Waals surface area contributed by atoms with Crippen LogP contribution in [0.5, 0.6) is 0 Å². The monoisotopic (exact) mass is 289 g/mol. The van der Waals surface area contributed by atoms with Crippen LogP contribution in [-0.4, -0.2) is 18.8 Å². The fourth-order valence-electron chi connectivity index (χ4n) is 1.33. The molecule has 1 aromatic rings. The smallest absolute Gasteiger partial charge is 0.227 e. The Morgan fingerprint density at radius 1 is 1.53 bits per heavy atom. The van der Waals surface area contributed by atoms with Crippen LogP contribution in [0.2, 0.25) is 0 Å². The number of carbonyl (C=O) groups excluding carboxylic acids is 1. The molecule has 1 rings (SSSR count). The molecule has 1 amide bonds. The van der Waals surface area contributed by atoms with Crippen molar-refractivity contribution in [3.63, 3.8) is 0 Å². The van der Waals surface area contributed by atoms with Gasteiger partial charge in [-0.05, 0) is 24.6 Å². The Morgan fingerprint density at radius 3 is 2.80 bits per heavy atom. The average molecular weight is 291 g/mol. The minimum atomic E-state index is 0.0335. The Hall–Kier alpha value is -0.540. The fourth-order valence-corrected chi connectivity index (χ4v) is 1.84. The molecule has 0 aliphatic heterocycles. The molecule has 1 aromatic carbocycles. The third-order valence-electron chi connectivity index (χ3n) is 2.21. The molecular weight excluding hydrogens is 277 g/mol. The zero-order valence-electron chi connectivity index (χ0n) is 8.76. The second kappa shape index (κ2) is 5.52. The molecule has 0 atom stereocenters. The summed E-state index contributed by atoms with van der Waals surface area (Å²) in [6.45, 7) is 1.98. The van der Waals surface area contributed by atoms with E-state index in [2.05, 4.69) is 15.9 Å². The summed E-state index contributed by atoms with van der Waals surface area (Å²) >= 11 is 8.93. The lowest BCUT2D eigenvalue weighted by Gasteiger charge is -2.19. The molecule has 0 spiro atoms. The molecule has 15 heavy (non-hydrogen) atoms. The van der Waals surface area contributed by atoms with Crippen molar-refractivity contribution in [2.24, 2.45) is 0 Å². The summed E-state index contributed by atoms with van der Waals surface area (Å²) in [6, 6.07) is 5.87. The maximum Gasteiger partial charge on any atom is 0.227 e. The van der Waals surface area contributed by atoms with E-state index in [4.69, 9.17) is 11.6 Å². The molecule has 0 aromatic heterocycles. The molecule has 0 unspecified atom stereocenters. The number of halogens is 2. The third-order valence-corrected chi connectivity index (χ3v) is 2.90. The summed E-state index contributed by atoms with van der Waals surface area (Å²) in [6.07, 6.45) is 0.365. The summed E-state index contributed by atoms with van der Waals surface area (Å²) < 4.78 is 0.966. The number of nitrogens with zero attached hydrogens (tertiary/aromatic N) is 1. The average Bonchev–Trinajstić information content (AvgIpc) is 2.21. The molecule has 82 valence electrons. The molecule has 0 N–H and O–H groups in total. The molecule has 0 aliphatic rings. The van der Waals surface area contributed by atoms with E-state index in [-0.39, 0.29) is 5.91 Å². The number of aryl methyl sites for hydroxylation is 1. The van der Waals surface area contributed by atoms with E-state index in [1.54, 1.807) is 11.9 Å². The largest absolute Gasteiger partial charge is 0.315 e. The zero-order chi connectivity index (χ0) is 11.4. The highest BCUT2D eigenvalue weighted by atomic mass is 79.9. The van der Waals surface area contributed by atoms with Crippen LogP contribution in [0, 0.1) is 6.92 Å². The SMILES string of the molecule is Cc1ccc(Br)cc1N(C)C(=O)CCCl. The molecule has 0 saturated carbocycles. The molecule has 4 heteroatoms. The van der Waals surface area contributed by atoms with Gasteiger partial charge >= 0.3 is 0 Å². The Kier molecular flexibility index (Phi) is 4.61. The van der Waals surface area contributed by atoms with Gasteiger partial charge in [0.25, 0.3) is 0 Å². The first-order valence-electron chi connectivity index (χ1n) is 4.65. The number of hydrogen-bond donors (Lipinski definition) is 0. The van der Waals surface area contributed by atoms with Crippen LogP contribution in [0.15, 0.2) is 22.7 Å².